The van der Waals surface area contributed by atoms with Crippen molar-refractivity contribution in [3.63, 3.8) is 0 Å². The van der Waals surface area contributed by atoms with Crippen LogP contribution in [0.25, 0.3) is 16.6 Å². The summed E-state index contributed by atoms with van der Waals surface area (Å²) in [5, 5.41) is 3.31. The first-order chi connectivity index (χ1) is 18.3. The number of Topliss-reactive ketones (excluding diaryl/α,β-unsaturated/α-hetero) is 1. The van der Waals surface area contributed by atoms with Gasteiger partial charge in [0, 0.05) is 33.5 Å². The smallest absolute Gasteiger partial charge is 0.341 e. The lowest BCUT2D eigenvalue weighted by Gasteiger charge is -2.32. The zero-order valence-electron chi connectivity index (χ0n) is 20.2. The lowest BCUT2D eigenvalue weighted by atomic mass is 9.97. The molecule has 0 aliphatic carbocycles. The predicted molar refractivity (Wildman–Crippen MR) is 144 cm³/mol. The van der Waals surface area contributed by atoms with Crippen molar-refractivity contribution in [1.82, 2.24) is 20.3 Å². The highest BCUT2D eigenvalue weighted by atomic mass is 32.2. The van der Waals surface area contributed by atoms with Gasteiger partial charge >= 0.3 is 6.18 Å². The molecule has 0 atom stereocenters. The fourth-order valence-electron chi connectivity index (χ4n) is 4.44. The molecule has 2 aliphatic heterocycles. The van der Waals surface area contributed by atoms with Crippen LogP contribution < -0.4 is 10.2 Å². The van der Waals surface area contributed by atoms with Crippen LogP contribution >= 0.6 is 23.1 Å². The van der Waals surface area contributed by atoms with Gasteiger partial charge in [0.25, 0.3) is 0 Å². The van der Waals surface area contributed by atoms with Crippen molar-refractivity contribution < 1.29 is 24.2 Å². The molecule has 5 rings (SSSR count). The maximum atomic E-state index is 13.0. The number of anilines is 1. The molecule has 0 aromatic carbocycles. The van der Waals surface area contributed by atoms with Crippen molar-refractivity contribution in [3.05, 3.63) is 63.8 Å². The molecule has 38 heavy (non-hydrogen) atoms. The Labute approximate surface area is 227 Å². The van der Waals surface area contributed by atoms with E-state index in [1.807, 2.05) is 6.07 Å². The van der Waals surface area contributed by atoms with E-state index in [4.69, 9.17) is 0 Å². The largest absolute Gasteiger partial charge is 0.425 e. The molecular formula is C26H26F3N5O2S2. The Morgan fingerprint density at radius 3 is 2.63 bits per heavy atom. The Bertz CT molecular complexity index is 1370. The molecule has 0 spiro atoms. The van der Waals surface area contributed by atoms with Crippen LogP contribution in [0.4, 0.5) is 19.1 Å². The number of nitrogens with one attached hydrogen (secondary N) is 1. The highest BCUT2D eigenvalue weighted by Crippen LogP contribution is 2.38. The van der Waals surface area contributed by atoms with Crippen LogP contribution in [-0.2, 0) is 22.3 Å². The quantitative estimate of drug-likeness (QED) is 0.301. The average molecular weight is 562 g/mol. The minimum Gasteiger partial charge on any atom is -0.341 e. The summed E-state index contributed by atoms with van der Waals surface area (Å²) in [7, 11) is 0. The molecule has 0 unspecified atom stereocenters. The maximum absolute atomic E-state index is 13.0. The molecular weight excluding hydrogens is 535 g/mol. The summed E-state index contributed by atoms with van der Waals surface area (Å²) >= 11 is 1.67. The predicted octanol–water partition coefficient (Wildman–Crippen LogP) is 5.44. The molecule has 12 heteroatoms. The van der Waals surface area contributed by atoms with Gasteiger partial charge in [-0.15, -0.1) is 11.3 Å². The Morgan fingerprint density at radius 2 is 1.92 bits per heavy atom. The minimum atomic E-state index is -4.36. The van der Waals surface area contributed by atoms with Crippen molar-refractivity contribution in [2.24, 2.45) is 5.92 Å². The maximum Gasteiger partial charge on any atom is 0.425 e. The number of thioether (sulfide) groups is 1. The van der Waals surface area contributed by atoms with Crippen LogP contribution in [0.2, 0.25) is 0 Å². The number of carbonyl (C=O) groups is 2. The van der Waals surface area contributed by atoms with E-state index in [1.165, 1.54) is 6.07 Å². The van der Waals surface area contributed by atoms with Gasteiger partial charge in [0.1, 0.15) is 4.88 Å². The van der Waals surface area contributed by atoms with E-state index in [2.05, 4.69) is 25.2 Å². The monoisotopic (exact) mass is 561 g/mol. The summed E-state index contributed by atoms with van der Waals surface area (Å²) in [6.45, 7) is 2.86. The number of ketones is 1. The molecule has 3 aromatic rings. The molecule has 7 nitrogen and oxygen atoms in total. The van der Waals surface area contributed by atoms with Gasteiger partial charge in [-0.3, -0.25) is 14.6 Å². The second-order valence-corrected chi connectivity index (χ2v) is 11.3. The van der Waals surface area contributed by atoms with E-state index in [0.29, 0.717) is 50.9 Å². The van der Waals surface area contributed by atoms with Gasteiger partial charge in [-0.05, 0) is 73.0 Å². The minimum absolute atomic E-state index is 0. The van der Waals surface area contributed by atoms with Crippen LogP contribution in [0.5, 0.6) is 0 Å². The van der Waals surface area contributed by atoms with Gasteiger partial charge in [0.2, 0.25) is 11.1 Å². The van der Waals surface area contributed by atoms with Crippen molar-refractivity contribution in [1.29, 1.82) is 0 Å². The summed E-state index contributed by atoms with van der Waals surface area (Å²) in [4.78, 5) is 39.1. The SMILES string of the molecule is O=C1CC(=O)/C(=C/c2ccnc(N3CCC(CNCc4cccnc4-c4ccc(C(F)(F)F)s4)CC3)n2)S1.[HH]. The van der Waals surface area contributed by atoms with Crippen LogP contribution in [0, 0.1) is 5.92 Å². The van der Waals surface area contributed by atoms with E-state index < -0.39 is 11.1 Å². The first-order valence-electron chi connectivity index (χ1n) is 12.1. The molecule has 0 radical (unpaired) electrons. The third-order valence-corrected chi connectivity index (χ3v) is 8.48. The number of carbonyl (C=O) groups excluding carboxylic acids is 2. The number of hydrogen-bond acceptors (Lipinski definition) is 9. The van der Waals surface area contributed by atoms with Crippen LogP contribution in [-0.4, -0.2) is 45.5 Å². The molecule has 2 saturated heterocycles. The number of nitrogens with zero attached hydrogens (tertiary/aromatic N) is 4. The lowest BCUT2D eigenvalue weighted by Crippen LogP contribution is -2.38. The van der Waals surface area contributed by atoms with Gasteiger partial charge in [0.15, 0.2) is 5.78 Å². The van der Waals surface area contributed by atoms with E-state index >= 15 is 0 Å². The summed E-state index contributed by atoms with van der Waals surface area (Å²) in [6, 6.07) is 7.98. The third-order valence-electron chi connectivity index (χ3n) is 6.40. The van der Waals surface area contributed by atoms with E-state index in [1.54, 1.807) is 30.6 Å². The Kier molecular flexibility index (Phi) is 7.91. The van der Waals surface area contributed by atoms with E-state index in [9.17, 15) is 22.8 Å². The molecule has 2 aliphatic rings. The number of allylic oxidation sites excluding steroid dienone is 1. The van der Waals surface area contributed by atoms with Gasteiger partial charge < -0.3 is 10.2 Å². The topological polar surface area (TPSA) is 88.1 Å². The number of alkyl halides is 3. The lowest BCUT2D eigenvalue weighted by molar-refractivity contribution is -0.134. The zero-order valence-corrected chi connectivity index (χ0v) is 21.8. The molecule has 0 amide bonds. The summed E-state index contributed by atoms with van der Waals surface area (Å²) in [5.41, 5.74) is 2.04. The van der Waals surface area contributed by atoms with Crippen molar-refractivity contribution >= 4 is 46.0 Å². The van der Waals surface area contributed by atoms with Gasteiger partial charge in [-0.1, -0.05) is 6.07 Å². The molecule has 5 heterocycles. The number of rotatable bonds is 7. The fourth-order valence-corrected chi connectivity index (χ4v) is 6.16. The second kappa shape index (κ2) is 11.3. The summed E-state index contributed by atoms with van der Waals surface area (Å²) < 4.78 is 39.1. The Hall–Kier alpha value is -3.09. The van der Waals surface area contributed by atoms with Gasteiger partial charge in [-0.2, -0.15) is 13.2 Å². The highest BCUT2D eigenvalue weighted by Gasteiger charge is 2.33. The standard InChI is InChI=1S/C26H24F3N5O2S2.H2/c27-26(28,29)22-4-3-20(37-22)24-17(2-1-8-31-24)15-30-14-16-6-10-34(11-7-16)25-32-9-5-18(33-25)12-21-19(35)13-23(36)38-21;/h1-5,8-9,12,16,30H,6-7,10-11,13-15H2;1H/b21-12-;. The Balaban J connectivity index is 0.00000353. The molecule has 0 saturated carbocycles. The first kappa shape index (κ1) is 26.5. The molecule has 3 aromatic heterocycles. The van der Waals surface area contributed by atoms with Crippen molar-refractivity contribution in [2.75, 3.05) is 24.5 Å². The van der Waals surface area contributed by atoms with Crippen molar-refractivity contribution in [3.8, 4) is 10.6 Å². The highest BCUT2D eigenvalue weighted by molar-refractivity contribution is 8.18. The van der Waals surface area contributed by atoms with Crippen LogP contribution in [0.1, 0.15) is 36.8 Å². The molecule has 0 bridgehead atoms. The summed E-state index contributed by atoms with van der Waals surface area (Å²) in [6.07, 6.45) is 2.35. The molecule has 1 N–H and O–H groups in total. The van der Waals surface area contributed by atoms with Crippen LogP contribution in [0.3, 0.4) is 0 Å². The first-order valence-corrected chi connectivity index (χ1v) is 13.7. The number of thiophene rings is 1. The fraction of sp³-hybridized carbons (Fsp3) is 0.346. The Morgan fingerprint density at radius 1 is 1.11 bits per heavy atom. The normalized spacial score (nSPS) is 18.1. The number of hydrogen-bond donors (Lipinski definition) is 1. The third kappa shape index (κ3) is 6.30. The average Bonchev–Trinajstić information content (AvgIpc) is 3.51. The summed E-state index contributed by atoms with van der Waals surface area (Å²) in [5.74, 6) is 0.865. The van der Waals surface area contributed by atoms with Gasteiger partial charge in [0.05, 0.1) is 27.6 Å². The second-order valence-electron chi connectivity index (χ2n) is 9.10. The van der Waals surface area contributed by atoms with Crippen molar-refractivity contribution in [2.45, 2.75) is 32.0 Å². The number of halogens is 3. The van der Waals surface area contributed by atoms with Crippen LogP contribution in [0.15, 0.2) is 47.6 Å². The number of piperidine rings is 1. The van der Waals surface area contributed by atoms with E-state index in [0.717, 1.165) is 55.9 Å². The zero-order chi connectivity index (χ0) is 26.7. The molecule has 2 fully saturated rings. The molecule has 200 valence electrons. The number of pyridine rings is 1. The van der Waals surface area contributed by atoms with E-state index in [-0.39, 0.29) is 18.7 Å². The number of aromatic nitrogens is 3. The van der Waals surface area contributed by atoms with Gasteiger partial charge in [-0.25, -0.2) is 9.97 Å².